The second-order valence-electron chi connectivity index (χ2n) is 6.00. The number of sulfone groups is 1. The lowest BCUT2D eigenvalue weighted by Crippen LogP contribution is -2.42. The van der Waals surface area contributed by atoms with Gasteiger partial charge in [0.25, 0.3) is 0 Å². The van der Waals surface area contributed by atoms with Crippen molar-refractivity contribution in [3.63, 3.8) is 0 Å². The number of nitrogen functional groups attached to an aromatic ring is 1. The first-order chi connectivity index (χ1) is 9.43. The third-order valence-corrected chi connectivity index (χ3v) is 7.89. The lowest BCUT2D eigenvalue weighted by Gasteiger charge is -2.38. The van der Waals surface area contributed by atoms with Gasteiger partial charge >= 0.3 is 0 Å². The van der Waals surface area contributed by atoms with Crippen molar-refractivity contribution in [1.82, 2.24) is 4.37 Å². The summed E-state index contributed by atoms with van der Waals surface area (Å²) < 4.78 is 29.3. The van der Waals surface area contributed by atoms with Crippen LogP contribution in [0.2, 0.25) is 0 Å². The quantitative estimate of drug-likeness (QED) is 0.926. The van der Waals surface area contributed by atoms with E-state index in [2.05, 4.69) is 23.1 Å². The highest BCUT2D eigenvalue weighted by molar-refractivity contribution is 7.92. The third-order valence-electron chi connectivity index (χ3n) is 4.54. The maximum Gasteiger partial charge on any atom is 0.187 e. The van der Waals surface area contributed by atoms with Crippen LogP contribution in [0.4, 0.5) is 10.8 Å². The highest BCUT2D eigenvalue weighted by Crippen LogP contribution is 2.44. The number of nitrogens with zero attached hydrogens (tertiary/aromatic N) is 2. The van der Waals surface area contributed by atoms with Crippen LogP contribution in [0.1, 0.15) is 39.5 Å². The molecule has 20 heavy (non-hydrogen) atoms. The van der Waals surface area contributed by atoms with Gasteiger partial charge in [-0.1, -0.05) is 6.92 Å². The second kappa shape index (κ2) is 4.87. The Labute approximate surface area is 124 Å². The summed E-state index contributed by atoms with van der Waals surface area (Å²) in [4.78, 5) is 2.49. The van der Waals surface area contributed by atoms with E-state index in [9.17, 15) is 8.42 Å². The lowest BCUT2D eigenvalue weighted by atomic mass is 9.92. The molecule has 2 aliphatic rings. The van der Waals surface area contributed by atoms with Gasteiger partial charge in [-0.25, -0.2) is 8.42 Å². The zero-order chi connectivity index (χ0) is 14.5. The fourth-order valence-corrected chi connectivity index (χ4v) is 6.03. The van der Waals surface area contributed by atoms with Crippen molar-refractivity contribution in [3.05, 3.63) is 0 Å². The first-order valence-corrected chi connectivity index (χ1v) is 9.50. The van der Waals surface area contributed by atoms with Gasteiger partial charge in [-0.2, -0.15) is 4.37 Å². The molecule has 1 saturated heterocycles. The van der Waals surface area contributed by atoms with Crippen molar-refractivity contribution in [2.45, 2.75) is 55.7 Å². The van der Waals surface area contributed by atoms with E-state index < -0.39 is 9.84 Å². The Morgan fingerprint density at radius 2 is 2.00 bits per heavy atom. The molecule has 0 aromatic carbocycles. The molecule has 1 saturated carbocycles. The van der Waals surface area contributed by atoms with Crippen molar-refractivity contribution in [3.8, 4) is 0 Å². The standard InChI is InChI=1S/C13H21N3O2S2/c1-8-4-3-7-16(9(8)2)13-11(12(14)15-19-13)20(17,18)10-5-6-10/h8-10H,3-7H2,1-2H3,(H2,14,15). The van der Waals surface area contributed by atoms with Crippen molar-refractivity contribution in [1.29, 1.82) is 0 Å². The van der Waals surface area contributed by atoms with Crippen LogP contribution in [0.5, 0.6) is 0 Å². The number of aromatic nitrogens is 1. The van der Waals surface area contributed by atoms with E-state index >= 15 is 0 Å². The van der Waals surface area contributed by atoms with Crippen molar-refractivity contribution in [2.75, 3.05) is 17.2 Å². The molecule has 1 aliphatic heterocycles. The highest BCUT2D eigenvalue weighted by atomic mass is 32.2. The number of piperidine rings is 1. The first-order valence-electron chi connectivity index (χ1n) is 7.18. The molecule has 2 atom stereocenters. The fourth-order valence-electron chi connectivity index (χ4n) is 2.90. The molecule has 1 aliphatic carbocycles. The molecule has 7 heteroatoms. The van der Waals surface area contributed by atoms with Gasteiger partial charge in [-0.05, 0) is 50.1 Å². The van der Waals surface area contributed by atoms with E-state index in [1.807, 2.05) is 0 Å². The minimum Gasteiger partial charge on any atom is -0.382 e. The Hall–Kier alpha value is -0.820. The van der Waals surface area contributed by atoms with Crippen LogP contribution in [-0.2, 0) is 9.84 Å². The molecule has 2 N–H and O–H groups in total. The monoisotopic (exact) mass is 315 g/mol. The van der Waals surface area contributed by atoms with Crippen LogP contribution in [-0.4, -0.2) is 30.6 Å². The summed E-state index contributed by atoms with van der Waals surface area (Å²) in [5.41, 5.74) is 5.87. The van der Waals surface area contributed by atoms with E-state index in [1.54, 1.807) is 0 Å². The number of nitrogens with two attached hydrogens (primary N) is 1. The Balaban J connectivity index is 2.02. The van der Waals surface area contributed by atoms with Crippen LogP contribution in [0.3, 0.4) is 0 Å². The molecule has 1 aromatic heterocycles. The van der Waals surface area contributed by atoms with Gasteiger partial charge in [0.15, 0.2) is 15.7 Å². The summed E-state index contributed by atoms with van der Waals surface area (Å²) in [5.74, 6) is 0.742. The first kappa shape index (κ1) is 14.1. The molecular formula is C13H21N3O2S2. The topological polar surface area (TPSA) is 76.3 Å². The van der Waals surface area contributed by atoms with E-state index in [0.29, 0.717) is 16.9 Å². The van der Waals surface area contributed by atoms with Gasteiger partial charge in [-0.3, -0.25) is 0 Å². The molecule has 0 radical (unpaired) electrons. The largest absolute Gasteiger partial charge is 0.382 e. The molecule has 0 spiro atoms. The predicted octanol–water partition coefficient (Wildman–Crippen LogP) is 2.29. The molecule has 2 heterocycles. The van der Waals surface area contributed by atoms with Crippen LogP contribution in [0.15, 0.2) is 4.90 Å². The van der Waals surface area contributed by atoms with Crippen LogP contribution in [0, 0.1) is 5.92 Å². The van der Waals surface area contributed by atoms with Crippen molar-refractivity contribution >= 4 is 32.2 Å². The fraction of sp³-hybridized carbons (Fsp3) is 0.769. The second-order valence-corrected chi connectivity index (χ2v) is 8.92. The molecule has 112 valence electrons. The predicted molar refractivity (Wildman–Crippen MR) is 81.9 cm³/mol. The van der Waals surface area contributed by atoms with E-state index in [4.69, 9.17) is 5.73 Å². The highest BCUT2D eigenvalue weighted by Gasteiger charge is 2.42. The maximum atomic E-state index is 12.6. The average Bonchev–Trinajstić information content (AvgIpc) is 3.17. The third kappa shape index (κ3) is 2.20. The summed E-state index contributed by atoms with van der Waals surface area (Å²) in [5, 5.41) is 0.519. The normalized spacial score (nSPS) is 27.8. The van der Waals surface area contributed by atoms with Gasteiger partial charge in [0.2, 0.25) is 0 Å². The van der Waals surface area contributed by atoms with Crippen LogP contribution < -0.4 is 10.6 Å². The van der Waals surface area contributed by atoms with Gasteiger partial charge in [-0.15, -0.1) is 0 Å². The molecule has 5 nitrogen and oxygen atoms in total. The average molecular weight is 315 g/mol. The van der Waals surface area contributed by atoms with E-state index in [1.165, 1.54) is 18.0 Å². The minimum absolute atomic E-state index is 0.183. The number of rotatable bonds is 3. The number of anilines is 2. The summed E-state index contributed by atoms with van der Waals surface area (Å²) in [6.45, 7) is 5.27. The Bertz CT molecular complexity index is 607. The smallest absolute Gasteiger partial charge is 0.187 e. The summed E-state index contributed by atoms with van der Waals surface area (Å²) in [6.07, 6.45) is 3.79. The zero-order valence-corrected chi connectivity index (χ0v) is 13.5. The summed E-state index contributed by atoms with van der Waals surface area (Å²) in [6, 6.07) is 0.330. The Kier molecular flexibility index (Phi) is 3.44. The SMILES string of the molecule is CC1CCCN(c2snc(N)c2S(=O)(=O)C2CC2)C1C. The molecule has 0 amide bonds. The van der Waals surface area contributed by atoms with Crippen LogP contribution >= 0.6 is 11.5 Å². The van der Waals surface area contributed by atoms with Crippen molar-refractivity contribution in [2.24, 2.45) is 5.92 Å². The number of hydrogen-bond acceptors (Lipinski definition) is 6. The van der Waals surface area contributed by atoms with Gasteiger partial charge in [0.1, 0.15) is 9.90 Å². The lowest BCUT2D eigenvalue weighted by molar-refractivity contribution is 0.364. The molecule has 1 aromatic rings. The summed E-state index contributed by atoms with van der Waals surface area (Å²) >= 11 is 1.23. The molecular weight excluding hydrogens is 294 g/mol. The van der Waals surface area contributed by atoms with Crippen molar-refractivity contribution < 1.29 is 8.42 Å². The molecule has 0 bridgehead atoms. The maximum absolute atomic E-state index is 12.6. The Morgan fingerprint density at radius 3 is 2.65 bits per heavy atom. The van der Waals surface area contributed by atoms with Gasteiger partial charge in [0, 0.05) is 12.6 Å². The molecule has 2 unspecified atom stereocenters. The number of hydrogen-bond donors (Lipinski definition) is 1. The summed E-state index contributed by atoms with van der Waals surface area (Å²) in [7, 11) is -3.29. The minimum atomic E-state index is -3.29. The van der Waals surface area contributed by atoms with Gasteiger partial charge in [0.05, 0.1) is 5.25 Å². The van der Waals surface area contributed by atoms with Crippen LogP contribution in [0.25, 0.3) is 0 Å². The van der Waals surface area contributed by atoms with E-state index in [0.717, 1.165) is 30.8 Å². The van der Waals surface area contributed by atoms with Gasteiger partial charge < -0.3 is 10.6 Å². The molecule has 2 fully saturated rings. The van der Waals surface area contributed by atoms with E-state index in [-0.39, 0.29) is 11.1 Å². The Morgan fingerprint density at radius 1 is 1.30 bits per heavy atom. The zero-order valence-electron chi connectivity index (χ0n) is 11.9. The molecule has 3 rings (SSSR count).